The first-order valence-electron chi connectivity index (χ1n) is 5.83. The Hall–Kier alpha value is -0.750. The molecule has 1 saturated heterocycles. The van der Waals surface area contributed by atoms with Crippen molar-refractivity contribution in [2.24, 2.45) is 5.73 Å². The van der Waals surface area contributed by atoms with Crippen molar-refractivity contribution in [3.8, 4) is 0 Å². The summed E-state index contributed by atoms with van der Waals surface area (Å²) in [5, 5.41) is 8.97. The molecule has 5 nitrogen and oxygen atoms in total. The Morgan fingerprint density at radius 2 is 2.18 bits per heavy atom. The zero-order valence-corrected chi connectivity index (χ0v) is 11.1. The monoisotopic (exact) mass is 260 g/mol. The van der Waals surface area contributed by atoms with E-state index in [2.05, 4.69) is 6.92 Å². The Morgan fingerprint density at radius 1 is 1.53 bits per heavy atom. The van der Waals surface area contributed by atoms with Crippen molar-refractivity contribution in [3.63, 3.8) is 0 Å². The van der Waals surface area contributed by atoms with E-state index in [-0.39, 0.29) is 24.8 Å². The molecule has 0 bridgehead atoms. The molecule has 3 atom stereocenters. The van der Waals surface area contributed by atoms with Gasteiger partial charge in [-0.15, -0.1) is 0 Å². The zero-order chi connectivity index (χ0) is 13.0. The summed E-state index contributed by atoms with van der Waals surface area (Å²) in [6.45, 7) is 4.81. The predicted octanol–water partition coefficient (Wildman–Crippen LogP) is 0.531. The van der Waals surface area contributed by atoms with E-state index < -0.39 is 12.0 Å². The van der Waals surface area contributed by atoms with Crippen molar-refractivity contribution in [2.45, 2.75) is 44.0 Å². The second-order valence-electron chi connectivity index (χ2n) is 4.39. The van der Waals surface area contributed by atoms with Gasteiger partial charge in [0.25, 0.3) is 0 Å². The Balaban J connectivity index is 2.53. The van der Waals surface area contributed by atoms with Gasteiger partial charge in [0.1, 0.15) is 0 Å². The summed E-state index contributed by atoms with van der Waals surface area (Å²) in [5.41, 5.74) is 5.74. The van der Waals surface area contributed by atoms with Gasteiger partial charge in [-0.05, 0) is 13.3 Å². The predicted molar refractivity (Wildman–Crippen MR) is 67.9 cm³/mol. The molecule has 0 spiro atoms. The van der Waals surface area contributed by atoms with Gasteiger partial charge < -0.3 is 15.7 Å². The Kier molecular flexibility index (Phi) is 5.27. The Bertz CT molecular complexity index is 298. The molecule has 0 aromatic heterocycles. The van der Waals surface area contributed by atoms with Crippen LogP contribution in [0.2, 0.25) is 0 Å². The molecule has 3 unspecified atom stereocenters. The van der Waals surface area contributed by atoms with Crippen molar-refractivity contribution >= 4 is 23.6 Å². The van der Waals surface area contributed by atoms with E-state index in [1.54, 1.807) is 4.90 Å². The number of hydrogen-bond acceptors (Lipinski definition) is 4. The van der Waals surface area contributed by atoms with Crippen LogP contribution in [0, 0.1) is 0 Å². The second-order valence-corrected chi connectivity index (χ2v) is 5.87. The molecule has 0 aromatic carbocycles. The zero-order valence-electron chi connectivity index (χ0n) is 10.3. The molecular formula is C11H20N2O3S. The van der Waals surface area contributed by atoms with Gasteiger partial charge in [-0.1, -0.05) is 6.92 Å². The van der Waals surface area contributed by atoms with Crippen LogP contribution < -0.4 is 5.73 Å². The molecule has 0 radical (unpaired) electrons. The molecule has 1 heterocycles. The van der Waals surface area contributed by atoms with E-state index in [1.165, 1.54) is 0 Å². The highest BCUT2D eigenvalue weighted by Gasteiger charge is 2.31. The maximum atomic E-state index is 12.1. The molecule has 1 fully saturated rings. The maximum absolute atomic E-state index is 12.1. The smallest absolute Gasteiger partial charge is 0.303 e. The van der Waals surface area contributed by atoms with Crippen LogP contribution in [0.1, 0.15) is 26.7 Å². The van der Waals surface area contributed by atoms with E-state index >= 15 is 0 Å². The van der Waals surface area contributed by atoms with Crippen molar-refractivity contribution in [1.29, 1.82) is 0 Å². The van der Waals surface area contributed by atoms with Gasteiger partial charge in [0.05, 0.1) is 6.04 Å². The van der Waals surface area contributed by atoms with Crippen LogP contribution in [0.3, 0.4) is 0 Å². The standard InChI is InChI=1S/C11H20N2O3S/c1-7-8(2)17-6-5-13(7)11(16)9(12)3-4-10(14)15/h7-9H,3-6,12H2,1-2H3,(H,14,15). The number of thioether (sulfide) groups is 1. The average molecular weight is 260 g/mol. The lowest BCUT2D eigenvalue weighted by atomic mass is 10.1. The summed E-state index contributed by atoms with van der Waals surface area (Å²) in [7, 11) is 0. The molecule has 1 rings (SSSR count). The van der Waals surface area contributed by atoms with Crippen LogP contribution in [0.15, 0.2) is 0 Å². The van der Waals surface area contributed by atoms with Crippen molar-refractivity contribution in [1.82, 2.24) is 4.90 Å². The third-order valence-electron chi connectivity index (χ3n) is 3.15. The Morgan fingerprint density at radius 3 is 2.76 bits per heavy atom. The van der Waals surface area contributed by atoms with Gasteiger partial charge in [0.2, 0.25) is 5.91 Å². The fraction of sp³-hybridized carbons (Fsp3) is 0.818. The summed E-state index contributed by atoms with van der Waals surface area (Å²) < 4.78 is 0. The maximum Gasteiger partial charge on any atom is 0.303 e. The van der Waals surface area contributed by atoms with Gasteiger partial charge in [0.15, 0.2) is 0 Å². The number of nitrogens with zero attached hydrogens (tertiary/aromatic N) is 1. The lowest BCUT2D eigenvalue weighted by Crippen LogP contribution is -2.53. The summed E-state index contributed by atoms with van der Waals surface area (Å²) in [5.74, 6) is -0.113. The molecule has 1 amide bonds. The molecule has 6 heteroatoms. The number of nitrogens with two attached hydrogens (primary N) is 1. The summed E-state index contributed by atoms with van der Waals surface area (Å²) in [4.78, 5) is 24.3. The Labute approximate surface area is 106 Å². The summed E-state index contributed by atoms with van der Waals surface area (Å²) in [6, 6.07) is -0.527. The molecule has 0 saturated carbocycles. The fourth-order valence-electron chi connectivity index (χ4n) is 1.86. The number of hydrogen-bond donors (Lipinski definition) is 2. The van der Waals surface area contributed by atoms with Crippen LogP contribution in [0.5, 0.6) is 0 Å². The third-order valence-corrected chi connectivity index (χ3v) is 4.49. The second kappa shape index (κ2) is 6.26. The van der Waals surface area contributed by atoms with Crippen molar-refractivity contribution in [2.75, 3.05) is 12.3 Å². The normalized spacial score (nSPS) is 26.6. The van der Waals surface area contributed by atoms with E-state index in [1.807, 2.05) is 18.7 Å². The summed E-state index contributed by atoms with van der Waals surface area (Å²) in [6.07, 6.45) is 0.151. The number of amides is 1. The first-order chi connectivity index (χ1) is 7.93. The number of rotatable bonds is 4. The number of aliphatic carboxylic acids is 1. The first kappa shape index (κ1) is 14.3. The molecule has 0 aliphatic carbocycles. The van der Waals surface area contributed by atoms with E-state index in [9.17, 15) is 9.59 Å². The van der Waals surface area contributed by atoms with E-state index in [0.29, 0.717) is 11.8 Å². The van der Waals surface area contributed by atoms with Crippen molar-refractivity contribution in [3.05, 3.63) is 0 Å². The van der Waals surface area contributed by atoms with Gasteiger partial charge in [-0.3, -0.25) is 9.59 Å². The van der Waals surface area contributed by atoms with Gasteiger partial charge in [0, 0.05) is 30.0 Å². The largest absolute Gasteiger partial charge is 0.481 e. The van der Waals surface area contributed by atoms with Gasteiger partial charge in [-0.2, -0.15) is 11.8 Å². The molecule has 0 aromatic rings. The molecule has 1 aliphatic heterocycles. The number of carboxylic acid groups (broad SMARTS) is 1. The first-order valence-corrected chi connectivity index (χ1v) is 6.87. The highest BCUT2D eigenvalue weighted by atomic mass is 32.2. The van der Waals surface area contributed by atoms with Crippen LogP contribution in [-0.2, 0) is 9.59 Å². The number of carbonyl (C=O) groups excluding carboxylic acids is 1. The number of carboxylic acids is 1. The number of carbonyl (C=O) groups is 2. The third kappa shape index (κ3) is 3.89. The fourth-order valence-corrected chi connectivity index (χ4v) is 2.96. The molecule has 98 valence electrons. The van der Waals surface area contributed by atoms with E-state index in [4.69, 9.17) is 10.8 Å². The average Bonchev–Trinajstić information content (AvgIpc) is 2.28. The van der Waals surface area contributed by atoms with Gasteiger partial charge in [-0.25, -0.2) is 0 Å². The SMILES string of the molecule is CC1SCCN(C(=O)C(N)CCC(=O)O)C1C. The van der Waals surface area contributed by atoms with E-state index in [0.717, 1.165) is 5.75 Å². The molecule has 17 heavy (non-hydrogen) atoms. The lowest BCUT2D eigenvalue weighted by Gasteiger charge is -2.38. The summed E-state index contributed by atoms with van der Waals surface area (Å²) >= 11 is 1.85. The topological polar surface area (TPSA) is 83.6 Å². The molecule has 3 N–H and O–H groups in total. The molecular weight excluding hydrogens is 240 g/mol. The van der Waals surface area contributed by atoms with Crippen LogP contribution in [0.4, 0.5) is 0 Å². The van der Waals surface area contributed by atoms with Crippen molar-refractivity contribution < 1.29 is 14.7 Å². The highest BCUT2D eigenvalue weighted by molar-refractivity contribution is 8.00. The highest BCUT2D eigenvalue weighted by Crippen LogP contribution is 2.24. The van der Waals surface area contributed by atoms with Crippen LogP contribution in [0.25, 0.3) is 0 Å². The quantitative estimate of drug-likeness (QED) is 0.770. The lowest BCUT2D eigenvalue weighted by molar-refractivity contribution is -0.138. The van der Waals surface area contributed by atoms with Crippen LogP contribution in [-0.4, -0.2) is 51.5 Å². The minimum atomic E-state index is -0.913. The van der Waals surface area contributed by atoms with Crippen LogP contribution >= 0.6 is 11.8 Å². The minimum absolute atomic E-state index is 0.0561. The van der Waals surface area contributed by atoms with Gasteiger partial charge >= 0.3 is 5.97 Å². The minimum Gasteiger partial charge on any atom is -0.481 e. The molecule has 1 aliphatic rings.